The van der Waals surface area contributed by atoms with Crippen molar-refractivity contribution in [2.45, 2.75) is 65.3 Å². The first-order valence-electron chi connectivity index (χ1n) is 11.4. The van der Waals surface area contributed by atoms with Crippen LogP contribution >= 0.6 is 0 Å². The number of hydrogen-bond donors (Lipinski definition) is 2. The standard InChI is InChI=1S/C23H31N5O5/c1-13(2)10-27-21-16(5-8-18(29)26-11-15(4)33-12-14(26)3)9-24-28(21)23(32)19(22(27)31)20(30)25-17-6-7-17/h5,8-9,13-15,17,31H,6-7,10-12H2,1-4H3,(H,25,30)/b8-5+/t14-,15+/m0/s1. The average molecular weight is 458 g/mol. The third kappa shape index (κ3) is 4.66. The van der Waals surface area contributed by atoms with Crippen molar-refractivity contribution in [3.05, 3.63) is 33.8 Å². The van der Waals surface area contributed by atoms with E-state index in [0.29, 0.717) is 30.9 Å². The van der Waals surface area contributed by atoms with E-state index in [-0.39, 0.29) is 35.6 Å². The molecule has 4 rings (SSSR count). The molecule has 1 saturated carbocycles. The molecule has 2 atom stereocenters. The minimum atomic E-state index is -0.692. The maximum absolute atomic E-state index is 13.1. The minimum absolute atomic E-state index is 0.0381. The molecule has 1 aliphatic heterocycles. The number of morpholine rings is 1. The highest BCUT2D eigenvalue weighted by Crippen LogP contribution is 2.25. The average Bonchev–Trinajstić information content (AvgIpc) is 3.46. The predicted octanol–water partition coefficient (Wildman–Crippen LogP) is 1.40. The van der Waals surface area contributed by atoms with E-state index in [1.807, 2.05) is 27.7 Å². The van der Waals surface area contributed by atoms with E-state index in [2.05, 4.69) is 10.4 Å². The van der Waals surface area contributed by atoms with Crippen LogP contribution in [-0.4, -0.2) is 67.3 Å². The van der Waals surface area contributed by atoms with Crippen molar-refractivity contribution in [1.82, 2.24) is 24.4 Å². The van der Waals surface area contributed by atoms with E-state index < -0.39 is 17.3 Å². The van der Waals surface area contributed by atoms with Crippen molar-refractivity contribution in [1.29, 1.82) is 0 Å². The summed E-state index contributed by atoms with van der Waals surface area (Å²) in [7, 11) is 0. The molecule has 2 amide bonds. The number of ether oxygens (including phenoxy) is 1. The molecule has 178 valence electrons. The van der Waals surface area contributed by atoms with E-state index in [1.54, 1.807) is 11.0 Å². The lowest BCUT2D eigenvalue weighted by molar-refractivity contribution is -0.137. The summed E-state index contributed by atoms with van der Waals surface area (Å²) in [4.78, 5) is 40.3. The summed E-state index contributed by atoms with van der Waals surface area (Å²) in [5.41, 5.74) is -0.177. The quantitative estimate of drug-likeness (QED) is 0.633. The Labute approximate surface area is 191 Å². The first-order valence-corrected chi connectivity index (χ1v) is 11.4. The van der Waals surface area contributed by atoms with Gasteiger partial charge in [0.2, 0.25) is 11.8 Å². The number of aromatic nitrogens is 3. The van der Waals surface area contributed by atoms with Crippen LogP contribution in [-0.2, 0) is 16.1 Å². The Morgan fingerprint density at radius 2 is 2.06 bits per heavy atom. The summed E-state index contributed by atoms with van der Waals surface area (Å²) in [5, 5.41) is 17.9. The Bertz CT molecular complexity index is 1160. The van der Waals surface area contributed by atoms with Crippen LogP contribution in [0.25, 0.3) is 11.7 Å². The molecule has 0 aromatic carbocycles. The molecule has 0 radical (unpaired) electrons. The molecule has 2 N–H and O–H groups in total. The summed E-state index contributed by atoms with van der Waals surface area (Å²) in [6, 6.07) is -0.00377. The Morgan fingerprint density at radius 3 is 2.73 bits per heavy atom. The van der Waals surface area contributed by atoms with Gasteiger partial charge in [0.1, 0.15) is 5.65 Å². The summed E-state index contributed by atoms with van der Waals surface area (Å²) in [6.45, 7) is 9.12. The maximum Gasteiger partial charge on any atom is 0.291 e. The second-order valence-electron chi connectivity index (χ2n) is 9.41. The third-order valence-corrected chi connectivity index (χ3v) is 5.90. The smallest absolute Gasteiger partial charge is 0.291 e. The molecule has 0 bridgehead atoms. The largest absolute Gasteiger partial charge is 0.494 e. The highest BCUT2D eigenvalue weighted by molar-refractivity contribution is 5.97. The van der Waals surface area contributed by atoms with E-state index in [4.69, 9.17) is 4.74 Å². The molecule has 10 heteroatoms. The normalized spacial score (nSPS) is 21.3. The van der Waals surface area contributed by atoms with Crippen molar-refractivity contribution < 1.29 is 19.4 Å². The monoisotopic (exact) mass is 457 g/mol. The predicted molar refractivity (Wildman–Crippen MR) is 122 cm³/mol. The zero-order valence-corrected chi connectivity index (χ0v) is 19.4. The van der Waals surface area contributed by atoms with Gasteiger partial charge in [0.25, 0.3) is 11.5 Å². The molecular weight excluding hydrogens is 426 g/mol. The van der Waals surface area contributed by atoms with E-state index >= 15 is 0 Å². The Morgan fingerprint density at radius 1 is 1.33 bits per heavy atom. The molecule has 2 aliphatic rings. The second-order valence-corrected chi connectivity index (χ2v) is 9.41. The van der Waals surface area contributed by atoms with Gasteiger partial charge in [-0.25, -0.2) is 0 Å². The summed E-state index contributed by atoms with van der Waals surface area (Å²) in [6.07, 6.45) is 6.19. The highest BCUT2D eigenvalue weighted by atomic mass is 16.5. The topological polar surface area (TPSA) is 118 Å². The van der Waals surface area contributed by atoms with Gasteiger partial charge in [0.15, 0.2) is 5.56 Å². The van der Waals surface area contributed by atoms with Gasteiger partial charge >= 0.3 is 0 Å². The zero-order valence-electron chi connectivity index (χ0n) is 19.4. The highest BCUT2D eigenvalue weighted by Gasteiger charge is 2.30. The van der Waals surface area contributed by atoms with Crippen LogP contribution in [0.2, 0.25) is 0 Å². The van der Waals surface area contributed by atoms with Crippen LogP contribution in [0.3, 0.4) is 0 Å². The fourth-order valence-corrected chi connectivity index (χ4v) is 4.02. The Balaban J connectivity index is 1.74. The summed E-state index contributed by atoms with van der Waals surface area (Å²) >= 11 is 0. The maximum atomic E-state index is 13.1. The lowest BCUT2D eigenvalue weighted by Gasteiger charge is -2.36. The molecule has 2 fully saturated rings. The number of hydrogen-bond acceptors (Lipinski definition) is 6. The fourth-order valence-electron chi connectivity index (χ4n) is 4.02. The Kier molecular flexibility index (Phi) is 6.29. The molecule has 1 saturated heterocycles. The van der Waals surface area contributed by atoms with Crippen molar-refractivity contribution >= 4 is 23.5 Å². The number of carbonyl (C=O) groups excluding carboxylic acids is 2. The van der Waals surface area contributed by atoms with Crippen molar-refractivity contribution in [2.24, 2.45) is 5.92 Å². The molecule has 10 nitrogen and oxygen atoms in total. The molecule has 0 unspecified atom stereocenters. The van der Waals surface area contributed by atoms with Gasteiger partial charge in [-0.05, 0) is 38.7 Å². The first kappa shape index (κ1) is 23.0. The van der Waals surface area contributed by atoms with Crippen molar-refractivity contribution in [2.75, 3.05) is 13.2 Å². The number of rotatable bonds is 6. The van der Waals surface area contributed by atoms with Crippen LogP contribution in [0.15, 0.2) is 17.1 Å². The zero-order chi connectivity index (χ0) is 23.9. The first-order chi connectivity index (χ1) is 15.7. The van der Waals surface area contributed by atoms with Crippen LogP contribution in [0.4, 0.5) is 0 Å². The van der Waals surface area contributed by atoms with Crippen molar-refractivity contribution in [3.8, 4) is 5.88 Å². The number of nitrogens with zero attached hydrogens (tertiary/aromatic N) is 4. The van der Waals surface area contributed by atoms with Crippen LogP contribution in [0.5, 0.6) is 5.88 Å². The van der Waals surface area contributed by atoms with Gasteiger partial charge in [-0.1, -0.05) is 13.8 Å². The lowest BCUT2D eigenvalue weighted by atomic mass is 10.2. The molecule has 0 spiro atoms. The molecule has 2 aromatic rings. The van der Waals surface area contributed by atoms with Crippen LogP contribution in [0.1, 0.15) is 56.5 Å². The van der Waals surface area contributed by atoms with Gasteiger partial charge in [0.05, 0.1) is 24.9 Å². The molecule has 33 heavy (non-hydrogen) atoms. The van der Waals surface area contributed by atoms with Gasteiger partial charge in [0, 0.05) is 30.8 Å². The number of carbonyl (C=O) groups is 2. The van der Waals surface area contributed by atoms with Gasteiger partial charge < -0.3 is 20.1 Å². The number of amides is 2. The molecule has 3 heterocycles. The summed E-state index contributed by atoms with van der Waals surface area (Å²) < 4.78 is 8.22. The second kappa shape index (κ2) is 9.01. The third-order valence-electron chi connectivity index (χ3n) is 5.90. The number of fused-ring (bicyclic) bond motifs is 1. The number of nitrogens with one attached hydrogen (secondary N) is 1. The molecular formula is C23H31N5O5. The fraction of sp³-hybridized carbons (Fsp3) is 0.565. The minimum Gasteiger partial charge on any atom is -0.494 e. The molecule has 1 aliphatic carbocycles. The van der Waals surface area contributed by atoms with E-state index in [9.17, 15) is 19.5 Å². The van der Waals surface area contributed by atoms with E-state index in [1.165, 1.54) is 16.8 Å². The van der Waals surface area contributed by atoms with Crippen LogP contribution < -0.4 is 10.9 Å². The van der Waals surface area contributed by atoms with Crippen molar-refractivity contribution in [3.63, 3.8) is 0 Å². The van der Waals surface area contributed by atoms with Gasteiger partial charge in [-0.2, -0.15) is 9.61 Å². The van der Waals surface area contributed by atoms with Gasteiger partial charge in [-0.3, -0.25) is 19.0 Å². The molecule has 2 aromatic heterocycles. The summed E-state index contributed by atoms with van der Waals surface area (Å²) in [5.74, 6) is -1.04. The van der Waals surface area contributed by atoms with Gasteiger partial charge in [-0.15, -0.1) is 0 Å². The van der Waals surface area contributed by atoms with Crippen LogP contribution in [0, 0.1) is 5.92 Å². The Hall–Kier alpha value is -3.14. The van der Waals surface area contributed by atoms with E-state index in [0.717, 1.165) is 17.4 Å². The number of aromatic hydroxyl groups is 1. The lowest BCUT2D eigenvalue weighted by Crippen LogP contribution is -2.49. The SMILES string of the molecule is CC(C)Cn1c(O)c(C(=O)NC2CC2)c(=O)n2ncc(/C=C/C(=O)N3C[C@@H](C)OC[C@@H]3C)c12.